The molecule has 0 fully saturated rings. The highest BCUT2D eigenvalue weighted by molar-refractivity contribution is 5.67. The van der Waals surface area contributed by atoms with Crippen LogP contribution in [-0.2, 0) is 9.59 Å². The fourth-order valence-corrected chi connectivity index (χ4v) is 0.0248. The molecule has 0 unspecified atom stereocenters. The van der Waals surface area contributed by atoms with E-state index < -0.39 is 0 Å². The molecule has 0 spiro atoms. The van der Waals surface area contributed by atoms with E-state index in [0.29, 0.717) is 12.8 Å². The van der Waals surface area contributed by atoms with E-state index in [4.69, 9.17) is 0 Å². The van der Waals surface area contributed by atoms with E-state index in [9.17, 15) is 9.59 Å². The molecule has 0 heterocycles. The van der Waals surface area contributed by atoms with Gasteiger partial charge in [-0.2, -0.15) is 0 Å². The van der Waals surface area contributed by atoms with Gasteiger partial charge < -0.3 is 0 Å². The van der Waals surface area contributed by atoms with Crippen molar-refractivity contribution in [3.63, 3.8) is 0 Å². The van der Waals surface area contributed by atoms with Gasteiger partial charge in [-0.1, -0.05) is 20.3 Å². The predicted molar refractivity (Wildman–Crippen MR) is 35.9 cm³/mol. The normalized spacial score (nSPS) is 6.56. The lowest BCUT2D eigenvalue weighted by atomic mass is 10.6. The van der Waals surface area contributed by atoms with Gasteiger partial charge in [-0.15, -0.1) is 0 Å². The highest BCUT2D eigenvalue weighted by Crippen LogP contribution is 1.56. The number of imide groups is 1. The minimum atomic E-state index is 0.438. The molecule has 0 rings (SSSR count). The SMILES string of the molecule is CCC.CN(C=O)C=O. The zero-order valence-corrected chi connectivity index (χ0v) is 6.13. The molecule has 54 valence electrons. The van der Waals surface area contributed by atoms with Gasteiger partial charge in [-0.3, -0.25) is 14.5 Å². The number of carbonyl (C=O) groups excluding carboxylic acids is 2. The van der Waals surface area contributed by atoms with E-state index in [-0.39, 0.29) is 0 Å². The van der Waals surface area contributed by atoms with Crippen LogP contribution in [0.1, 0.15) is 20.3 Å². The summed E-state index contributed by atoms with van der Waals surface area (Å²) in [6.45, 7) is 4.25. The van der Waals surface area contributed by atoms with Crippen LogP contribution in [0.2, 0.25) is 0 Å². The Hall–Kier alpha value is -0.860. The summed E-state index contributed by atoms with van der Waals surface area (Å²) in [5, 5.41) is 0. The van der Waals surface area contributed by atoms with Gasteiger partial charge in [0, 0.05) is 7.05 Å². The van der Waals surface area contributed by atoms with Crippen LogP contribution in [-0.4, -0.2) is 24.8 Å². The quantitative estimate of drug-likeness (QED) is 0.516. The standard InChI is InChI=1S/C3H5NO2.C3H8/c1-4(2-5)3-6;1-3-2/h2-3H,1H3;3H2,1-2H3. The van der Waals surface area contributed by atoms with Gasteiger partial charge in [0.15, 0.2) is 0 Å². The Morgan fingerprint density at radius 2 is 1.44 bits per heavy atom. The molecule has 9 heavy (non-hydrogen) atoms. The van der Waals surface area contributed by atoms with Gasteiger partial charge in [-0.05, 0) is 0 Å². The highest BCUT2D eigenvalue weighted by atomic mass is 16.2. The van der Waals surface area contributed by atoms with Gasteiger partial charge >= 0.3 is 0 Å². The number of hydrogen-bond donors (Lipinski definition) is 0. The predicted octanol–water partition coefficient (Wildman–Crippen LogP) is 0.647. The molecule has 0 aromatic rings. The average Bonchev–Trinajstić information content (AvgIpc) is 1.88. The molecular weight excluding hydrogens is 118 g/mol. The second-order valence-corrected chi connectivity index (χ2v) is 1.58. The second kappa shape index (κ2) is 10.2. The van der Waals surface area contributed by atoms with Crippen LogP contribution in [0, 0.1) is 0 Å². The first-order valence-corrected chi connectivity index (χ1v) is 2.85. The molecule has 3 heteroatoms. The Morgan fingerprint density at radius 3 is 1.44 bits per heavy atom. The third-order valence-corrected chi connectivity index (χ3v) is 0.333. The first-order valence-electron chi connectivity index (χ1n) is 2.85. The first-order chi connectivity index (χ1) is 4.22. The maximum Gasteiger partial charge on any atom is 0.215 e. The van der Waals surface area contributed by atoms with Crippen molar-refractivity contribution in [3.8, 4) is 0 Å². The minimum Gasteiger partial charge on any atom is -0.291 e. The molecule has 0 atom stereocenters. The van der Waals surface area contributed by atoms with E-state index >= 15 is 0 Å². The second-order valence-electron chi connectivity index (χ2n) is 1.58. The first kappa shape index (κ1) is 11.0. The van der Waals surface area contributed by atoms with Gasteiger partial charge in [0.05, 0.1) is 0 Å². The van der Waals surface area contributed by atoms with E-state index in [1.807, 2.05) is 0 Å². The zero-order chi connectivity index (χ0) is 7.70. The Morgan fingerprint density at radius 1 is 1.22 bits per heavy atom. The van der Waals surface area contributed by atoms with Crippen LogP contribution in [0.25, 0.3) is 0 Å². The minimum absolute atomic E-state index is 0.438. The van der Waals surface area contributed by atoms with Crippen LogP contribution in [0.4, 0.5) is 0 Å². The topological polar surface area (TPSA) is 37.4 Å². The van der Waals surface area contributed by atoms with Crippen molar-refractivity contribution in [1.82, 2.24) is 4.90 Å². The number of hydrogen-bond acceptors (Lipinski definition) is 2. The Kier molecular flexibility index (Phi) is 12.5. The summed E-state index contributed by atoms with van der Waals surface area (Å²) in [6, 6.07) is 0. The van der Waals surface area contributed by atoms with E-state index in [1.165, 1.54) is 13.5 Å². The van der Waals surface area contributed by atoms with Crippen LogP contribution in [0.3, 0.4) is 0 Å². The molecule has 0 saturated heterocycles. The summed E-state index contributed by atoms with van der Waals surface area (Å²) < 4.78 is 0. The summed E-state index contributed by atoms with van der Waals surface area (Å²) in [7, 11) is 1.38. The summed E-state index contributed by atoms with van der Waals surface area (Å²) in [5.74, 6) is 0. The zero-order valence-electron chi connectivity index (χ0n) is 6.13. The fraction of sp³-hybridized carbons (Fsp3) is 0.667. The van der Waals surface area contributed by atoms with Crippen molar-refractivity contribution >= 4 is 12.8 Å². The van der Waals surface area contributed by atoms with Crippen molar-refractivity contribution in [3.05, 3.63) is 0 Å². The molecule has 0 radical (unpaired) electrons. The van der Waals surface area contributed by atoms with Crippen LogP contribution < -0.4 is 0 Å². The fourth-order valence-electron chi connectivity index (χ4n) is 0.0248. The van der Waals surface area contributed by atoms with Crippen molar-refractivity contribution in [2.24, 2.45) is 0 Å². The summed E-state index contributed by atoms with van der Waals surface area (Å²) in [6.07, 6.45) is 2.12. The largest absolute Gasteiger partial charge is 0.291 e. The number of amides is 2. The van der Waals surface area contributed by atoms with Crippen molar-refractivity contribution in [2.45, 2.75) is 20.3 Å². The van der Waals surface area contributed by atoms with E-state index in [2.05, 4.69) is 13.8 Å². The van der Waals surface area contributed by atoms with Gasteiger partial charge in [-0.25, -0.2) is 0 Å². The van der Waals surface area contributed by atoms with Gasteiger partial charge in [0.1, 0.15) is 0 Å². The molecule has 0 aliphatic carbocycles. The third kappa shape index (κ3) is 19.1. The molecule has 0 aliphatic rings. The van der Waals surface area contributed by atoms with Crippen LogP contribution in [0.5, 0.6) is 0 Å². The Bertz CT molecular complexity index is 65.5. The monoisotopic (exact) mass is 131 g/mol. The smallest absolute Gasteiger partial charge is 0.215 e. The molecule has 0 aliphatic heterocycles. The summed E-state index contributed by atoms with van der Waals surface area (Å²) in [5.41, 5.74) is 0. The molecule has 3 nitrogen and oxygen atoms in total. The van der Waals surface area contributed by atoms with Crippen molar-refractivity contribution in [2.75, 3.05) is 7.05 Å². The van der Waals surface area contributed by atoms with Gasteiger partial charge in [0.2, 0.25) is 12.8 Å². The highest BCUT2D eigenvalue weighted by Gasteiger charge is 1.79. The lowest BCUT2D eigenvalue weighted by molar-refractivity contribution is -0.127. The molecule has 2 amide bonds. The lowest BCUT2D eigenvalue weighted by Gasteiger charge is -1.91. The maximum absolute atomic E-state index is 9.43. The number of rotatable bonds is 2. The van der Waals surface area contributed by atoms with E-state index in [1.54, 1.807) is 0 Å². The maximum atomic E-state index is 9.43. The average molecular weight is 131 g/mol. The molecule has 0 aromatic carbocycles. The molecular formula is C6H13NO2. The molecule has 0 saturated carbocycles. The molecule has 0 N–H and O–H groups in total. The van der Waals surface area contributed by atoms with Crippen molar-refractivity contribution < 1.29 is 9.59 Å². The summed E-state index contributed by atoms with van der Waals surface area (Å²) in [4.78, 5) is 19.8. The lowest BCUT2D eigenvalue weighted by Crippen LogP contribution is -2.11. The van der Waals surface area contributed by atoms with Crippen molar-refractivity contribution in [1.29, 1.82) is 0 Å². The van der Waals surface area contributed by atoms with Crippen LogP contribution >= 0.6 is 0 Å². The summed E-state index contributed by atoms with van der Waals surface area (Å²) >= 11 is 0. The Balaban J connectivity index is 0. The number of nitrogens with zero attached hydrogens (tertiary/aromatic N) is 1. The van der Waals surface area contributed by atoms with Crippen LogP contribution in [0.15, 0.2) is 0 Å². The molecule has 0 bridgehead atoms. The Labute approximate surface area is 55.7 Å². The molecule has 0 aromatic heterocycles. The van der Waals surface area contributed by atoms with Gasteiger partial charge in [0.25, 0.3) is 0 Å². The third-order valence-electron chi connectivity index (χ3n) is 0.333. The number of carbonyl (C=O) groups is 2. The van der Waals surface area contributed by atoms with E-state index in [0.717, 1.165) is 4.90 Å².